The highest BCUT2D eigenvalue weighted by atomic mass is 16.2. The number of carbonyl (C=O) groups excluding carboxylic acids is 3. The third kappa shape index (κ3) is 3.24. The van der Waals surface area contributed by atoms with Crippen LogP contribution in [0.1, 0.15) is 22.3 Å². The fourth-order valence-electron chi connectivity index (χ4n) is 3.70. The molecular weight excluding hydrogens is 382 g/mol. The topological polar surface area (TPSA) is 94.4 Å². The summed E-state index contributed by atoms with van der Waals surface area (Å²) in [6.07, 6.45) is 0. The predicted molar refractivity (Wildman–Crippen MR) is 112 cm³/mol. The average Bonchev–Trinajstić information content (AvgIpc) is 3.21. The molecule has 1 fully saturated rings. The number of anilines is 2. The number of imide groups is 1. The van der Waals surface area contributed by atoms with Crippen LogP contribution in [0, 0.1) is 27.7 Å². The van der Waals surface area contributed by atoms with Gasteiger partial charge in [0.25, 0.3) is 11.8 Å². The lowest BCUT2D eigenvalue weighted by Gasteiger charge is -2.21. The maximum atomic E-state index is 13.1. The van der Waals surface area contributed by atoms with Gasteiger partial charge in [0.2, 0.25) is 5.91 Å². The lowest BCUT2D eigenvalue weighted by molar-refractivity contribution is -0.123. The van der Waals surface area contributed by atoms with Crippen LogP contribution in [0.2, 0.25) is 0 Å². The standard InChI is InChI=1S/C22H23N5O3/c1-12-8-9-16(10-14(12)3)27-21(29)19-20(22(27)30)26(25-24-19)11-18(28)23-17-7-5-6-13(2)15(17)4/h5-10,19-20H,11H2,1-4H3,(H,23,28). The first-order chi connectivity index (χ1) is 14.3. The molecule has 0 radical (unpaired) electrons. The van der Waals surface area contributed by atoms with Gasteiger partial charge in [-0.05, 0) is 68.1 Å². The van der Waals surface area contributed by atoms with E-state index in [1.165, 1.54) is 5.01 Å². The lowest BCUT2D eigenvalue weighted by Crippen LogP contribution is -2.43. The zero-order chi connectivity index (χ0) is 21.6. The molecule has 0 aromatic heterocycles. The van der Waals surface area contributed by atoms with Gasteiger partial charge in [-0.25, -0.2) is 4.90 Å². The Bertz CT molecular complexity index is 1090. The fourth-order valence-corrected chi connectivity index (χ4v) is 3.70. The molecule has 0 spiro atoms. The fraction of sp³-hybridized carbons (Fsp3) is 0.318. The van der Waals surface area contributed by atoms with Gasteiger partial charge >= 0.3 is 0 Å². The van der Waals surface area contributed by atoms with Crippen molar-refractivity contribution in [2.24, 2.45) is 10.3 Å². The van der Waals surface area contributed by atoms with Crippen molar-refractivity contribution in [3.8, 4) is 0 Å². The minimum absolute atomic E-state index is 0.169. The van der Waals surface area contributed by atoms with Crippen LogP contribution in [-0.4, -0.2) is 41.4 Å². The molecule has 2 aliphatic heterocycles. The van der Waals surface area contributed by atoms with Crippen molar-refractivity contribution in [2.45, 2.75) is 39.8 Å². The molecular formula is C22H23N5O3. The highest BCUT2D eigenvalue weighted by Crippen LogP contribution is 2.32. The van der Waals surface area contributed by atoms with E-state index in [1.54, 1.807) is 12.1 Å². The van der Waals surface area contributed by atoms with Gasteiger partial charge in [-0.15, -0.1) is 0 Å². The Morgan fingerprint density at radius 1 is 1.00 bits per heavy atom. The highest BCUT2D eigenvalue weighted by molar-refractivity contribution is 6.25. The summed E-state index contributed by atoms with van der Waals surface area (Å²) in [4.78, 5) is 39.6. The van der Waals surface area contributed by atoms with Crippen LogP contribution in [0.25, 0.3) is 0 Å². The molecule has 2 aliphatic rings. The summed E-state index contributed by atoms with van der Waals surface area (Å²) < 4.78 is 0. The monoisotopic (exact) mass is 405 g/mol. The van der Waals surface area contributed by atoms with E-state index in [4.69, 9.17) is 0 Å². The number of amides is 3. The van der Waals surface area contributed by atoms with E-state index in [0.29, 0.717) is 11.4 Å². The quantitative estimate of drug-likeness (QED) is 0.792. The van der Waals surface area contributed by atoms with Gasteiger partial charge < -0.3 is 5.32 Å². The molecule has 30 heavy (non-hydrogen) atoms. The van der Waals surface area contributed by atoms with Crippen LogP contribution in [-0.2, 0) is 14.4 Å². The van der Waals surface area contributed by atoms with E-state index in [0.717, 1.165) is 27.2 Å². The number of nitrogens with one attached hydrogen (secondary N) is 1. The first-order valence-corrected chi connectivity index (χ1v) is 9.76. The Kier molecular flexibility index (Phi) is 4.85. The van der Waals surface area contributed by atoms with Gasteiger partial charge in [0.15, 0.2) is 12.1 Å². The third-order valence-electron chi connectivity index (χ3n) is 5.79. The Balaban J connectivity index is 1.51. The first kappa shape index (κ1) is 19.8. The molecule has 0 saturated carbocycles. The second-order valence-corrected chi connectivity index (χ2v) is 7.77. The van der Waals surface area contributed by atoms with E-state index in [9.17, 15) is 14.4 Å². The van der Waals surface area contributed by atoms with Crippen molar-refractivity contribution in [1.29, 1.82) is 0 Å². The van der Waals surface area contributed by atoms with Crippen LogP contribution < -0.4 is 10.2 Å². The highest BCUT2D eigenvalue weighted by Gasteiger charge is 2.55. The summed E-state index contributed by atoms with van der Waals surface area (Å²) in [5, 5.41) is 12.1. The number of fused-ring (bicyclic) bond motifs is 1. The molecule has 3 amide bonds. The van der Waals surface area contributed by atoms with E-state index in [2.05, 4.69) is 15.7 Å². The van der Waals surface area contributed by atoms with Crippen molar-refractivity contribution in [2.75, 3.05) is 16.8 Å². The molecule has 0 bridgehead atoms. The zero-order valence-electron chi connectivity index (χ0n) is 17.3. The number of hydrogen-bond acceptors (Lipinski definition) is 6. The van der Waals surface area contributed by atoms with Crippen molar-refractivity contribution in [1.82, 2.24) is 5.01 Å². The Hall–Kier alpha value is -3.55. The Morgan fingerprint density at radius 3 is 2.50 bits per heavy atom. The first-order valence-electron chi connectivity index (χ1n) is 9.76. The molecule has 2 aromatic carbocycles. The van der Waals surface area contributed by atoms with Crippen LogP contribution in [0.3, 0.4) is 0 Å². The van der Waals surface area contributed by atoms with Gasteiger partial charge in [0.05, 0.1) is 5.69 Å². The molecule has 2 unspecified atom stereocenters. The van der Waals surface area contributed by atoms with Crippen molar-refractivity contribution < 1.29 is 14.4 Å². The van der Waals surface area contributed by atoms with Gasteiger partial charge in [0.1, 0.15) is 6.54 Å². The van der Waals surface area contributed by atoms with Gasteiger partial charge in [-0.3, -0.25) is 19.4 Å². The average molecular weight is 405 g/mol. The van der Waals surface area contributed by atoms with E-state index in [-0.39, 0.29) is 12.5 Å². The van der Waals surface area contributed by atoms with E-state index < -0.39 is 23.9 Å². The molecule has 8 heteroatoms. The van der Waals surface area contributed by atoms with Gasteiger partial charge in [-0.1, -0.05) is 23.4 Å². The van der Waals surface area contributed by atoms with Crippen LogP contribution in [0.4, 0.5) is 11.4 Å². The maximum Gasteiger partial charge on any atom is 0.263 e. The SMILES string of the molecule is Cc1ccc(N2C(=O)C3N=NN(CC(=O)Nc4cccc(C)c4C)C3C2=O)cc1C. The molecule has 8 nitrogen and oxygen atoms in total. The Labute approximate surface area is 174 Å². The zero-order valence-corrected chi connectivity index (χ0v) is 17.3. The molecule has 2 heterocycles. The minimum Gasteiger partial charge on any atom is -0.324 e. The molecule has 4 rings (SSSR count). The number of benzene rings is 2. The predicted octanol–water partition coefficient (Wildman–Crippen LogP) is 2.85. The number of rotatable bonds is 4. The normalized spacial score (nSPS) is 20.1. The smallest absolute Gasteiger partial charge is 0.263 e. The van der Waals surface area contributed by atoms with Gasteiger partial charge in [0, 0.05) is 5.69 Å². The van der Waals surface area contributed by atoms with Gasteiger partial charge in [-0.2, -0.15) is 5.11 Å². The largest absolute Gasteiger partial charge is 0.324 e. The number of hydrogen-bond donors (Lipinski definition) is 1. The summed E-state index contributed by atoms with van der Waals surface area (Å²) in [5.74, 6) is -1.17. The van der Waals surface area contributed by atoms with Crippen LogP contribution >= 0.6 is 0 Å². The lowest BCUT2D eigenvalue weighted by atomic mass is 10.1. The molecule has 1 saturated heterocycles. The molecule has 0 aliphatic carbocycles. The second kappa shape index (κ2) is 7.37. The maximum absolute atomic E-state index is 13.1. The van der Waals surface area contributed by atoms with Crippen LogP contribution in [0.15, 0.2) is 46.7 Å². The summed E-state index contributed by atoms with van der Waals surface area (Å²) >= 11 is 0. The summed E-state index contributed by atoms with van der Waals surface area (Å²) in [5.41, 5.74) is 5.31. The van der Waals surface area contributed by atoms with Crippen molar-refractivity contribution in [3.63, 3.8) is 0 Å². The van der Waals surface area contributed by atoms with E-state index >= 15 is 0 Å². The summed E-state index contributed by atoms with van der Waals surface area (Å²) in [6, 6.07) is 9.25. The van der Waals surface area contributed by atoms with Crippen molar-refractivity contribution >= 4 is 29.1 Å². The number of aryl methyl sites for hydroxylation is 3. The van der Waals surface area contributed by atoms with Crippen molar-refractivity contribution in [3.05, 3.63) is 58.7 Å². The summed E-state index contributed by atoms with van der Waals surface area (Å²) in [7, 11) is 0. The molecule has 1 N–H and O–H groups in total. The number of nitrogens with zero attached hydrogens (tertiary/aromatic N) is 4. The van der Waals surface area contributed by atoms with Crippen LogP contribution in [0.5, 0.6) is 0 Å². The van der Waals surface area contributed by atoms with E-state index in [1.807, 2.05) is 52.0 Å². The number of carbonyl (C=O) groups is 3. The molecule has 154 valence electrons. The second-order valence-electron chi connectivity index (χ2n) is 7.77. The Morgan fingerprint density at radius 2 is 1.77 bits per heavy atom. The minimum atomic E-state index is -0.924. The molecule has 2 aromatic rings. The third-order valence-corrected chi connectivity index (χ3v) is 5.79. The molecule has 2 atom stereocenters. The summed E-state index contributed by atoms with van der Waals surface area (Å²) in [6.45, 7) is 7.61.